The summed E-state index contributed by atoms with van der Waals surface area (Å²) in [6, 6.07) is 9.08. The van der Waals surface area contributed by atoms with Crippen molar-refractivity contribution in [2.24, 2.45) is 0 Å². The Bertz CT molecular complexity index is 464. The Labute approximate surface area is 132 Å². The Morgan fingerprint density at radius 3 is 2.57 bits per heavy atom. The van der Waals surface area contributed by atoms with Gasteiger partial charge in [-0.15, -0.1) is 0 Å². The summed E-state index contributed by atoms with van der Waals surface area (Å²) in [5, 5.41) is 4.59. The molecule has 1 atom stereocenters. The van der Waals surface area contributed by atoms with Crippen LogP contribution in [0.5, 0.6) is 0 Å². The standard InChI is InChI=1S/C17H24ClNO2/c1-13(12-14-4-2-3-5-16(14)18)19-15-6-8-17(9-7-15)20-10-11-21-17/h2-5,13,15,19H,6-12H2,1H3. The van der Waals surface area contributed by atoms with Gasteiger partial charge >= 0.3 is 0 Å². The molecule has 0 radical (unpaired) electrons. The van der Waals surface area contributed by atoms with Crippen LogP contribution < -0.4 is 5.32 Å². The molecule has 1 aliphatic heterocycles. The van der Waals surface area contributed by atoms with Gasteiger partial charge in [0.15, 0.2) is 5.79 Å². The molecular formula is C17H24ClNO2. The summed E-state index contributed by atoms with van der Waals surface area (Å²) in [5.74, 6) is -0.260. The number of halogens is 1. The molecule has 21 heavy (non-hydrogen) atoms. The minimum Gasteiger partial charge on any atom is -0.348 e. The molecule has 4 heteroatoms. The first-order chi connectivity index (χ1) is 10.2. The summed E-state index contributed by atoms with van der Waals surface area (Å²) < 4.78 is 11.6. The molecule has 2 aliphatic rings. The van der Waals surface area contributed by atoms with Crippen LogP contribution in [0, 0.1) is 0 Å². The summed E-state index contributed by atoms with van der Waals surface area (Å²) in [5.41, 5.74) is 1.22. The Morgan fingerprint density at radius 2 is 1.90 bits per heavy atom. The first kappa shape index (κ1) is 15.3. The van der Waals surface area contributed by atoms with E-state index in [2.05, 4.69) is 18.3 Å². The summed E-state index contributed by atoms with van der Waals surface area (Å²) >= 11 is 6.23. The van der Waals surface area contributed by atoms with Gasteiger partial charge in [-0.3, -0.25) is 0 Å². The molecule has 0 bridgehead atoms. The third kappa shape index (κ3) is 3.78. The van der Waals surface area contributed by atoms with Crippen molar-refractivity contribution in [3.05, 3.63) is 34.9 Å². The van der Waals surface area contributed by atoms with E-state index < -0.39 is 0 Å². The van der Waals surface area contributed by atoms with Gasteiger partial charge in [-0.25, -0.2) is 0 Å². The lowest BCUT2D eigenvalue weighted by atomic mass is 9.89. The molecule has 1 saturated carbocycles. The molecule has 1 aromatic rings. The van der Waals surface area contributed by atoms with Crippen LogP contribution in [0.25, 0.3) is 0 Å². The highest BCUT2D eigenvalue weighted by Crippen LogP contribution is 2.35. The fraction of sp³-hybridized carbons (Fsp3) is 0.647. The van der Waals surface area contributed by atoms with Crippen LogP contribution in [0.4, 0.5) is 0 Å². The van der Waals surface area contributed by atoms with Crippen molar-refractivity contribution in [3.63, 3.8) is 0 Å². The minimum absolute atomic E-state index is 0.260. The minimum atomic E-state index is -0.260. The third-order valence-corrected chi connectivity index (χ3v) is 4.93. The molecule has 1 heterocycles. The zero-order valence-corrected chi connectivity index (χ0v) is 13.4. The average molecular weight is 310 g/mol. The maximum atomic E-state index is 6.23. The molecule has 3 nitrogen and oxygen atoms in total. The number of rotatable bonds is 4. The zero-order valence-electron chi connectivity index (χ0n) is 12.6. The fourth-order valence-electron chi connectivity index (χ4n) is 3.47. The van der Waals surface area contributed by atoms with Crippen LogP contribution >= 0.6 is 11.6 Å². The second kappa shape index (κ2) is 6.66. The molecule has 116 valence electrons. The molecule has 1 saturated heterocycles. The van der Waals surface area contributed by atoms with Crippen LogP contribution in [-0.4, -0.2) is 31.1 Å². The SMILES string of the molecule is CC(Cc1ccccc1Cl)NC1CCC2(CC1)OCCO2. The van der Waals surface area contributed by atoms with Gasteiger partial charge in [-0.05, 0) is 37.8 Å². The van der Waals surface area contributed by atoms with Crippen LogP contribution in [-0.2, 0) is 15.9 Å². The van der Waals surface area contributed by atoms with Crippen molar-refractivity contribution in [1.82, 2.24) is 5.32 Å². The Hall–Kier alpha value is -0.610. The fourth-order valence-corrected chi connectivity index (χ4v) is 3.68. The molecule has 0 aromatic heterocycles. The zero-order chi connectivity index (χ0) is 14.7. The highest BCUT2D eigenvalue weighted by Gasteiger charge is 2.40. The van der Waals surface area contributed by atoms with Crippen molar-refractivity contribution in [2.45, 2.75) is 56.9 Å². The molecule has 0 amide bonds. The largest absolute Gasteiger partial charge is 0.348 e. The second-order valence-electron chi connectivity index (χ2n) is 6.25. The van der Waals surface area contributed by atoms with Crippen LogP contribution in [0.1, 0.15) is 38.2 Å². The van der Waals surface area contributed by atoms with E-state index in [9.17, 15) is 0 Å². The maximum Gasteiger partial charge on any atom is 0.168 e. The predicted molar refractivity (Wildman–Crippen MR) is 84.6 cm³/mol. The van der Waals surface area contributed by atoms with E-state index in [0.29, 0.717) is 12.1 Å². The molecule has 1 aromatic carbocycles. The predicted octanol–water partition coefficient (Wildman–Crippen LogP) is 3.55. The normalized spacial score (nSPS) is 23.5. The second-order valence-corrected chi connectivity index (χ2v) is 6.65. The maximum absolute atomic E-state index is 6.23. The molecule has 1 aliphatic carbocycles. The van der Waals surface area contributed by atoms with E-state index >= 15 is 0 Å². The number of nitrogens with one attached hydrogen (secondary N) is 1. The average Bonchev–Trinajstić information content (AvgIpc) is 2.93. The summed E-state index contributed by atoms with van der Waals surface area (Å²) in [6.45, 7) is 3.73. The quantitative estimate of drug-likeness (QED) is 0.922. The first-order valence-corrected chi connectivity index (χ1v) is 8.32. The van der Waals surface area contributed by atoms with Gasteiger partial charge in [-0.1, -0.05) is 29.8 Å². The highest BCUT2D eigenvalue weighted by atomic mass is 35.5. The summed E-state index contributed by atoms with van der Waals surface area (Å²) in [4.78, 5) is 0. The van der Waals surface area contributed by atoms with E-state index in [1.54, 1.807) is 0 Å². The topological polar surface area (TPSA) is 30.5 Å². The van der Waals surface area contributed by atoms with Crippen molar-refractivity contribution in [3.8, 4) is 0 Å². The summed E-state index contributed by atoms with van der Waals surface area (Å²) in [6.07, 6.45) is 5.21. The monoisotopic (exact) mass is 309 g/mol. The van der Waals surface area contributed by atoms with Crippen molar-refractivity contribution in [2.75, 3.05) is 13.2 Å². The van der Waals surface area contributed by atoms with Gasteiger partial charge in [0, 0.05) is 29.9 Å². The lowest BCUT2D eigenvalue weighted by molar-refractivity contribution is -0.179. The van der Waals surface area contributed by atoms with Gasteiger partial charge in [0.2, 0.25) is 0 Å². The molecule has 1 spiro atoms. The first-order valence-electron chi connectivity index (χ1n) is 7.94. The van der Waals surface area contributed by atoms with Crippen LogP contribution in [0.15, 0.2) is 24.3 Å². The Kier molecular flexibility index (Phi) is 4.85. The van der Waals surface area contributed by atoms with Gasteiger partial charge < -0.3 is 14.8 Å². The van der Waals surface area contributed by atoms with Crippen molar-refractivity contribution < 1.29 is 9.47 Å². The number of hydrogen-bond donors (Lipinski definition) is 1. The van der Waals surface area contributed by atoms with E-state index in [0.717, 1.165) is 50.3 Å². The van der Waals surface area contributed by atoms with Gasteiger partial charge in [-0.2, -0.15) is 0 Å². The molecule has 1 N–H and O–H groups in total. The van der Waals surface area contributed by atoms with E-state index in [1.165, 1.54) is 5.56 Å². The smallest absolute Gasteiger partial charge is 0.168 e. The number of benzene rings is 1. The number of ether oxygens (including phenoxy) is 2. The van der Waals surface area contributed by atoms with Crippen molar-refractivity contribution >= 4 is 11.6 Å². The van der Waals surface area contributed by atoms with Gasteiger partial charge in [0.1, 0.15) is 0 Å². The lowest BCUT2D eigenvalue weighted by Gasteiger charge is -2.36. The Morgan fingerprint density at radius 1 is 1.24 bits per heavy atom. The highest BCUT2D eigenvalue weighted by molar-refractivity contribution is 6.31. The van der Waals surface area contributed by atoms with Crippen molar-refractivity contribution in [1.29, 1.82) is 0 Å². The molecular weight excluding hydrogens is 286 g/mol. The van der Waals surface area contributed by atoms with Gasteiger partial charge in [0.05, 0.1) is 13.2 Å². The van der Waals surface area contributed by atoms with Gasteiger partial charge in [0.25, 0.3) is 0 Å². The molecule has 1 unspecified atom stereocenters. The Balaban J connectivity index is 1.48. The lowest BCUT2D eigenvalue weighted by Crippen LogP contribution is -2.45. The molecule has 2 fully saturated rings. The van der Waals surface area contributed by atoms with Crippen LogP contribution in [0.2, 0.25) is 5.02 Å². The summed E-state index contributed by atoms with van der Waals surface area (Å²) in [7, 11) is 0. The van der Waals surface area contributed by atoms with E-state index in [1.807, 2.05) is 18.2 Å². The number of hydrogen-bond acceptors (Lipinski definition) is 3. The van der Waals surface area contributed by atoms with E-state index in [4.69, 9.17) is 21.1 Å². The third-order valence-electron chi connectivity index (χ3n) is 4.57. The molecule has 3 rings (SSSR count). The van der Waals surface area contributed by atoms with Crippen LogP contribution in [0.3, 0.4) is 0 Å². The van der Waals surface area contributed by atoms with E-state index in [-0.39, 0.29) is 5.79 Å².